The average molecular weight is 297 g/mol. The van der Waals surface area contributed by atoms with Gasteiger partial charge >= 0.3 is 5.97 Å². The lowest BCUT2D eigenvalue weighted by Crippen LogP contribution is -2.55. The van der Waals surface area contributed by atoms with Crippen molar-refractivity contribution in [2.24, 2.45) is 0 Å². The van der Waals surface area contributed by atoms with Gasteiger partial charge in [-0.15, -0.1) is 0 Å². The topological polar surface area (TPSA) is 66.4 Å². The van der Waals surface area contributed by atoms with E-state index in [4.69, 9.17) is 0 Å². The summed E-state index contributed by atoms with van der Waals surface area (Å²) in [5.41, 5.74) is 0.0172. The minimum absolute atomic E-state index is 0.248. The van der Waals surface area contributed by atoms with E-state index < -0.39 is 11.5 Å². The van der Waals surface area contributed by atoms with Gasteiger partial charge in [-0.05, 0) is 24.1 Å². The smallest absolute Gasteiger partial charge is 0.329 e. The Labute approximate surface area is 129 Å². The fourth-order valence-corrected chi connectivity index (χ4v) is 2.36. The van der Waals surface area contributed by atoms with E-state index in [0.717, 1.165) is 5.56 Å². The van der Waals surface area contributed by atoms with Gasteiger partial charge in [0.15, 0.2) is 0 Å². The number of aliphatic carboxylic acids is 1. The van der Waals surface area contributed by atoms with Gasteiger partial charge in [-0.3, -0.25) is 4.79 Å². The summed E-state index contributed by atoms with van der Waals surface area (Å²) in [7, 11) is 0. The summed E-state index contributed by atoms with van der Waals surface area (Å²) in [6.45, 7) is 1.77. The summed E-state index contributed by atoms with van der Waals surface area (Å²) in [5, 5.41) is 12.4. The van der Waals surface area contributed by atoms with E-state index in [-0.39, 0.29) is 12.3 Å². The van der Waals surface area contributed by atoms with Crippen molar-refractivity contribution in [3.8, 4) is 0 Å². The Hall–Kier alpha value is -2.62. The summed E-state index contributed by atoms with van der Waals surface area (Å²) in [4.78, 5) is 24.1. The zero-order valence-electron chi connectivity index (χ0n) is 12.5. The van der Waals surface area contributed by atoms with Crippen LogP contribution in [0.15, 0.2) is 60.7 Å². The first-order valence-electron chi connectivity index (χ1n) is 7.22. The molecule has 22 heavy (non-hydrogen) atoms. The number of carboxylic acids is 1. The van der Waals surface area contributed by atoms with Gasteiger partial charge < -0.3 is 10.4 Å². The molecule has 0 fully saturated rings. The molecule has 0 aliphatic rings. The third kappa shape index (κ3) is 3.52. The number of carboxylic acid groups (broad SMARTS) is 1. The van der Waals surface area contributed by atoms with Crippen molar-refractivity contribution in [2.75, 3.05) is 0 Å². The van der Waals surface area contributed by atoms with Crippen molar-refractivity contribution in [1.29, 1.82) is 0 Å². The van der Waals surface area contributed by atoms with Crippen LogP contribution in [-0.4, -0.2) is 22.5 Å². The van der Waals surface area contributed by atoms with Crippen molar-refractivity contribution in [2.45, 2.75) is 25.3 Å². The molecule has 4 heteroatoms. The van der Waals surface area contributed by atoms with Crippen molar-refractivity contribution in [3.05, 3.63) is 71.8 Å². The molecule has 0 heterocycles. The molecule has 2 rings (SSSR count). The highest BCUT2D eigenvalue weighted by Gasteiger charge is 2.38. The third-order valence-electron chi connectivity index (χ3n) is 3.75. The van der Waals surface area contributed by atoms with Gasteiger partial charge in [0.2, 0.25) is 0 Å². The normalized spacial score (nSPS) is 13.1. The quantitative estimate of drug-likeness (QED) is 0.861. The molecule has 0 aromatic heterocycles. The van der Waals surface area contributed by atoms with Crippen LogP contribution >= 0.6 is 0 Å². The van der Waals surface area contributed by atoms with Gasteiger partial charge in [0.05, 0.1) is 0 Å². The Morgan fingerprint density at radius 1 is 1.00 bits per heavy atom. The molecule has 0 saturated carbocycles. The Bertz CT molecular complexity index is 640. The van der Waals surface area contributed by atoms with E-state index >= 15 is 0 Å². The van der Waals surface area contributed by atoms with Crippen LogP contribution < -0.4 is 5.32 Å². The summed E-state index contributed by atoms with van der Waals surface area (Å²) in [5.74, 6) is -1.40. The van der Waals surface area contributed by atoms with Gasteiger partial charge in [-0.1, -0.05) is 55.5 Å². The van der Waals surface area contributed by atoms with E-state index in [0.29, 0.717) is 12.0 Å². The number of carbonyl (C=O) groups excluding carboxylic acids is 1. The molecule has 2 aromatic rings. The lowest BCUT2D eigenvalue weighted by Gasteiger charge is -2.29. The first kappa shape index (κ1) is 15.8. The highest BCUT2D eigenvalue weighted by molar-refractivity contribution is 5.97. The average Bonchev–Trinajstić information content (AvgIpc) is 2.55. The zero-order chi connectivity index (χ0) is 16.0. The van der Waals surface area contributed by atoms with Gasteiger partial charge in [0.25, 0.3) is 5.91 Å². The van der Waals surface area contributed by atoms with Crippen LogP contribution in [0.1, 0.15) is 29.3 Å². The van der Waals surface area contributed by atoms with Crippen LogP contribution in [0.3, 0.4) is 0 Å². The highest BCUT2D eigenvalue weighted by atomic mass is 16.4. The maximum absolute atomic E-state index is 12.3. The zero-order valence-corrected chi connectivity index (χ0v) is 12.5. The minimum Gasteiger partial charge on any atom is -0.479 e. The number of hydrogen-bond donors (Lipinski definition) is 2. The molecule has 1 amide bonds. The van der Waals surface area contributed by atoms with Gasteiger partial charge in [0, 0.05) is 12.0 Å². The molecule has 0 aliphatic heterocycles. The first-order valence-corrected chi connectivity index (χ1v) is 7.22. The lowest BCUT2D eigenvalue weighted by atomic mass is 9.87. The predicted octanol–water partition coefficient (Wildman–Crippen LogP) is 2.89. The molecule has 2 N–H and O–H groups in total. The number of carbonyl (C=O) groups is 2. The molecule has 0 saturated heterocycles. The molecular weight excluding hydrogens is 278 g/mol. The van der Waals surface area contributed by atoms with Crippen LogP contribution in [-0.2, 0) is 11.2 Å². The first-order chi connectivity index (χ1) is 10.6. The van der Waals surface area contributed by atoms with E-state index in [1.165, 1.54) is 0 Å². The van der Waals surface area contributed by atoms with Crippen LogP contribution in [0.25, 0.3) is 0 Å². The molecule has 2 aromatic carbocycles. The molecule has 4 nitrogen and oxygen atoms in total. The molecule has 0 radical (unpaired) electrons. The van der Waals surface area contributed by atoms with Gasteiger partial charge in [0.1, 0.15) is 5.54 Å². The second-order valence-electron chi connectivity index (χ2n) is 5.22. The summed E-state index contributed by atoms with van der Waals surface area (Å²) in [6, 6.07) is 18.0. The van der Waals surface area contributed by atoms with E-state index in [1.54, 1.807) is 31.2 Å². The number of amides is 1. The standard InChI is InChI=1S/C18H19NO3/c1-2-18(17(21)22,13-14-9-5-3-6-10-14)19-16(20)15-11-7-4-8-12-15/h3-12H,2,13H2,1H3,(H,19,20)(H,21,22). The van der Waals surface area contributed by atoms with Crippen LogP contribution in [0, 0.1) is 0 Å². The van der Waals surface area contributed by atoms with Crippen LogP contribution in [0.5, 0.6) is 0 Å². The van der Waals surface area contributed by atoms with E-state index in [2.05, 4.69) is 5.32 Å². The summed E-state index contributed by atoms with van der Waals surface area (Å²) < 4.78 is 0. The lowest BCUT2D eigenvalue weighted by molar-refractivity contribution is -0.144. The number of nitrogens with one attached hydrogen (secondary N) is 1. The predicted molar refractivity (Wildman–Crippen MR) is 84.7 cm³/mol. The summed E-state index contributed by atoms with van der Waals surface area (Å²) in [6.07, 6.45) is 0.550. The Morgan fingerprint density at radius 3 is 2.05 bits per heavy atom. The molecule has 1 atom stereocenters. The fourth-order valence-electron chi connectivity index (χ4n) is 2.36. The van der Waals surface area contributed by atoms with Crippen molar-refractivity contribution < 1.29 is 14.7 Å². The van der Waals surface area contributed by atoms with Crippen molar-refractivity contribution in [3.63, 3.8) is 0 Å². The fraction of sp³-hybridized carbons (Fsp3) is 0.222. The third-order valence-corrected chi connectivity index (χ3v) is 3.75. The number of rotatable bonds is 6. The van der Waals surface area contributed by atoms with Crippen molar-refractivity contribution >= 4 is 11.9 Å². The Kier molecular flexibility index (Phi) is 4.94. The maximum atomic E-state index is 12.3. The van der Waals surface area contributed by atoms with Crippen LogP contribution in [0.4, 0.5) is 0 Å². The molecular formula is C18H19NO3. The Morgan fingerprint density at radius 2 is 1.55 bits per heavy atom. The summed E-state index contributed by atoms with van der Waals surface area (Å²) >= 11 is 0. The number of benzene rings is 2. The maximum Gasteiger partial charge on any atom is 0.329 e. The molecule has 1 unspecified atom stereocenters. The molecule has 114 valence electrons. The van der Waals surface area contributed by atoms with Gasteiger partial charge in [-0.25, -0.2) is 4.79 Å². The highest BCUT2D eigenvalue weighted by Crippen LogP contribution is 2.19. The second kappa shape index (κ2) is 6.89. The SMILES string of the molecule is CCC(Cc1ccccc1)(NC(=O)c1ccccc1)C(=O)O. The molecule has 0 spiro atoms. The number of hydrogen-bond acceptors (Lipinski definition) is 2. The Balaban J connectivity index is 2.26. The largest absolute Gasteiger partial charge is 0.479 e. The second-order valence-corrected chi connectivity index (χ2v) is 5.22. The van der Waals surface area contributed by atoms with Crippen LogP contribution in [0.2, 0.25) is 0 Å². The van der Waals surface area contributed by atoms with Gasteiger partial charge in [-0.2, -0.15) is 0 Å². The van der Waals surface area contributed by atoms with Crippen molar-refractivity contribution in [1.82, 2.24) is 5.32 Å². The molecule has 0 aliphatic carbocycles. The monoisotopic (exact) mass is 297 g/mol. The van der Waals surface area contributed by atoms with E-state index in [9.17, 15) is 14.7 Å². The minimum atomic E-state index is -1.31. The van der Waals surface area contributed by atoms with E-state index in [1.807, 2.05) is 36.4 Å². The molecule has 0 bridgehead atoms.